The van der Waals surface area contributed by atoms with Gasteiger partial charge in [-0.2, -0.15) is 0 Å². The summed E-state index contributed by atoms with van der Waals surface area (Å²) in [7, 11) is 0. The molecule has 0 aliphatic rings. The van der Waals surface area contributed by atoms with Gasteiger partial charge in [-0.15, -0.1) is 0 Å². The number of carboxylic acid groups (broad SMARTS) is 1. The van der Waals surface area contributed by atoms with Crippen LogP contribution in [-0.4, -0.2) is 20.6 Å². The highest BCUT2D eigenvalue weighted by atomic mass is 16.4. The van der Waals surface area contributed by atoms with Crippen LogP contribution in [0, 0.1) is 0 Å². The summed E-state index contributed by atoms with van der Waals surface area (Å²) in [6.45, 7) is 3.14. The summed E-state index contributed by atoms with van der Waals surface area (Å²) in [5.74, 6) is 0.364. The Labute approximate surface area is 125 Å². The normalized spacial score (nSPS) is 10.7. The molecule has 2 rings (SSSR count). The number of aromatic nitrogens is 2. The molecule has 0 saturated heterocycles. The van der Waals surface area contributed by atoms with E-state index in [2.05, 4.69) is 16.5 Å². The third kappa shape index (κ3) is 4.74. The third-order valence-electron chi connectivity index (χ3n) is 3.61. The molecule has 1 aromatic carbocycles. The van der Waals surface area contributed by atoms with Crippen LogP contribution in [0.3, 0.4) is 0 Å². The molecule has 0 aliphatic heterocycles. The van der Waals surface area contributed by atoms with Gasteiger partial charge in [0.25, 0.3) is 0 Å². The molecule has 4 nitrogen and oxygen atoms in total. The predicted octanol–water partition coefficient (Wildman–Crippen LogP) is 3.10. The Kier molecular flexibility index (Phi) is 5.55. The number of rotatable bonds is 8. The van der Waals surface area contributed by atoms with Crippen molar-refractivity contribution in [1.82, 2.24) is 9.55 Å². The first-order chi connectivity index (χ1) is 10.2. The molecular formula is C17H22N2O2. The molecule has 0 radical (unpaired) electrons. The number of hydrogen-bond donors (Lipinski definition) is 1. The fourth-order valence-corrected chi connectivity index (χ4v) is 2.47. The van der Waals surface area contributed by atoms with Crippen LogP contribution in [-0.2, 0) is 30.6 Å². The predicted molar refractivity (Wildman–Crippen MR) is 82.3 cm³/mol. The molecule has 0 atom stereocenters. The molecule has 0 aliphatic carbocycles. The Bertz CT molecular complexity index is 573. The topological polar surface area (TPSA) is 55.1 Å². The molecule has 0 amide bonds. The second-order valence-corrected chi connectivity index (χ2v) is 5.23. The summed E-state index contributed by atoms with van der Waals surface area (Å²) in [4.78, 5) is 14.9. The standard InChI is InChI=1S/C17H22N2O2/c1-2-16-18-10-12-19(16)11-4-3-5-14-6-8-15(9-7-14)13-17(20)21/h6-10,12H,2-5,11,13H2,1H3,(H,20,21). The highest BCUT2D eigenvalue weighted by Crippen LogP contribution is 2.10. The van der Waals surface area contributed by atoms with E-state index in [1.165, 1.54) is 5.56 Å². The van der Waals surface area contributed by atoms with Gasteiger partial charge in [0.2, 0.25) is 0 Å². The second kappa shape index (κ2) is 7.62. The zero-order valence-electron chi connectivity index (χ0n) is 12.5. The molecule has 0 fully saturated rings. The number of imidazole rings is 1. The lowest BCUT2D eigenvalue weighted by atomic mass is 10.0. The molecule has 112 valence electrons. The first kappa shape index (κ1) is 15.3. The van der Waals surface area contributed by atoms with Gasteiger partial charge in [-0.3, -0.25) is 4.79 Å². The monoisotopic (exact) mass is 286 g/mol. The van der Waals surface area contributed by atoms with Crippen molar-refractivity contribution in [3.05, 3.63) is 53.6 Å². The summed E-state index contributed by atoms with van der Waals surface area (Å²) in [5.41, 5.74) is 2.13. The van der Waals surface area contributed by atoms with Crippen molar-refractivity contribution in [2.24, 2.45) is 0 Å². The van der Waals surface area contributed by atoms with Crippen LogP contribution in [0.1, 0.15) is 36.7 Å². The summed E-state index contributed by atoms with van der Waals surface area (Å²) < 4.78 is 2.22. The van der Waals surface area contributed by atoms with Gasteiger partial charge in [0, 0.05) is 25.4 Å². The number of aliphatic carboxylic acids is 1. The summed E-state index contributed by atoms with van der Waals surface area (Å²) >= 11 is 0. The average Bonchev–Trinajstić information content (AvgIpc) is 2.92. The SMILES string of the molecule is CCc1nccn1CCCCc1ccc(CC(=O)O)cc1. The Morgan fingerprint density at radius 2 is 1.90 bits per heavy atom. The van der Waals surface area contributed by atoms with Crippen molar-refractivity contribution < 1.29 is 9.90 Å². The maximum absolute atomic E-state index is 10.6. The lowest BCUT2D eigenvalue weighted by Gasteiger charge is -2.07. The molecule has 0 saturated carbocycles. The zero-order valence-corrected chi connectivity index (χ0v) is 12.5. The van der Waals surface area contributed by atoms with Gasteiger partial charge in [-0.25, -0.2) is 4.98 Å². The van der Waals surface area contributed by atoms with Gasteiger partial charge in [0.1, 0.15) is 5.82 Å². The van der Waals surface area contributed by atoms with Gasteiger partial charge >= 0.3 is 5.97 Å². The lowest BCUT2D eigenvalue weighted by Crippen LogP contribution is -2.02. The smallest absolute Gasteiger partial charge is 0.307 e. The molecule has 0 bridgehead atoms. The van der Waals surface area contributed by atoms with Gasteiger partial charge < -0.3 is 9.67 Å². The third-order valence-corrected chi connectivity index (χ3v) is 3.61. The highest BCUT2D eigenvalue weighted by Gasteiger charge is 2.02. The summed E-state index contributed by atoms with van der Waals surface area (Å²) in [6.07, 6.45) is 8.25. The van der Waals surface area contributed by atoms with Crippen molar-refractivity contribution in [2.75, 3.05) is 0 Å². The number of unbranched alkanes of at least 4 members (excludes halogenated alkanes) is 1. The van der Waals surface area contributed by atoms with Crippen LogP contribution in [0.15, 0.2) is 36.7 Å². The lowest BCUT2D eigenvalue weighted by molar-refractivity contribution is -0.136. The van der Waals surface area contributed by atoms with Crippen LogP contribution in [0.2, 0.25) is 0 Å². The minimum Gasteiger partial charge on any atom is -0.481 e. The largest absolute Gasteiger partial charge is 0.481 e. The second-order valence-electron chi connectivity index (χ2n) is 5.23. The fourth-order valence-electron chi connectivity index (χ4n) is 2.47. The molecule has 1 aromatic heterocycles. The molecule has 1 heterocycles. The molecule has 4 heteroatoms. The van der Waals surface area contributed by atoms with E-state index in [-0.39, 0.29) is 6.42 Å². The van der Waals surface area contributed by atoms with E-state index in [4.69, 9.17) is 5.11 Å². The number of benzene rings is 1. The van der Waals surface area contributed by atoms with Crippen molar-refractivity contribution in [3.8, 4) is 0 Å². The highest BCUT2D eigenvalue weighted by molar-refractivity contribution is 5.70. The zero-order chi connectivity index (χ0) is 15.1. The maximum atomic E-state index is 10.6. The van der Waals surface area contributed by atoms with Crippen molar-refractivity contribution >= 4 is 5.97 Å². The molecule has 2 aromatic rings. The number of hydrogen-bond acceptors (Lipinski definition) is 2. The van der Waals surface area contributed by atoms with Crippen molar-refractivity contribution in [1.29, 1.82) is 0 Å². The van der Waals surface area contributed by atoms with Crippen LogP contribution in [0.25, 0.3) is 0 Å². The first-order valence-corrected chi connectivity index (χ1v) is 7.48. The quantitative estimate of drug-likeness (QED) is 0.759. The minimum absolute atomic E-state index is 0.0979. The Balaban J connectivity index is 1.74. The first-order valence-electron chi connectivity index (χ1n) is 7.48. The van der Waals surface area contributed by atoms with E-state index in [0.717, 1.165) is 43.6 Å². The average molecular weight is 286 g/mol. The van der Waals surface area contributed by atoms with E-state index >= 15 is 0 Å². The number of aryl methyl sites for hydroxylation is 3. The number of carboxylic acids is 1. The minimum atomic E-state index is -0.783. The van der Waals surface area contributed by atoms with Crippen LogP contribution in [0.4, 0.5) is 0 Å². The Hall–Kier alpha value is -2.10. The van der Waals surface area contributed by atoms with Crippen LogP contribution >= 0.6 is 0 Å². The molecular weight excluding hydrogens is 264 g/mol. The van der Waals surface area contributed by atoms with Gasteiger partial charge in [0.15, 0.2) is 0 Å². The molecule has 1 N–H and O–H groups in total. The summed E-state index contributed by atoms with van der Waals surface area (Å²) in [6, 6.07) is 7.89. The van der Waals surface area contributed by atoms with E-state index in [1.807, 2.05) is 36.7 Å². The van der Waals surface area contributed by atoms with Gasteiger partial charge in [-0.1, -0.05) is 31.2 Å². The fraction of sp³-hybridized carbons (Fsp3) is 0.412. The van der Waals surface area contributed by atoms with Gasteiger partial charge in [-0.05, 0) is 30.4 Å². The Morgan fingerprint density at radius 3 is 2.57 bits per heavy atom. The maximum Gasteiger partial charge on any atom is 0.307 e. The van der Waals surface area contributed by atoms with E-state index < -0.39 is 5.97 Å². The van der Waals surface area contributed by atoms with Gasteiger partial charge in [0.05, 0.1) is 6.42 Å². The van der Waals surface area contributed by atoms with Crippen molar-refractivity contribution in [2.45, 2.75) is 45.6 Å². The van der Waals surface area contributed by atoms with E-state index in [9.17, 15) is 4.79 Å². The van der Waals surface area contributed by atoms with Crippen molar-refractivity contribution in [3.63, 3.8) is 0 Å². The van der Waals surface area contributed by atoms with Crippen LogP contribution in [0.5, 0.6) is 0 Å². The van der Waals surface area contributed by atoms with Crippen LogP contribution < -0.4 is 0 Å². The number of carbonyl (C=O) groups is 1. The van der Waals surface area contributed by atoms with E-state index in [1.54, 1.807) is 0 Å². The Morgan fingerprint density at radius 1 is 1.19 bits per heavy atom. The molecule has 21 heavy (non-hydrogen) atoms. The summed E-state index contributed by atoms with van der Waals surface area (Å²) in [5, 5.41) is 8.74. The molecule has 0 spiro atoms. The van der Waals surface area contributed by atoms with E-state index in [0.29, 0.717) is 0 Å². The molecule has 0 unspecified atom stereocenters. The number of nitrogens with zero attached hydrogens (tertiary/aromatic N) is 2.